The zero-order valence-electron chi connectivity index (χ0n) is 10.4. The molecule has 0 spiro atoms. The van der Waals surface area contributed by atoms with Gasteiger partial charge in [0.1, 0.15) is 0 Å². The molecule has 5 heteroatoms. The van der Waals surface area contributed by atoms with Gasteiger partial charge in [0.2, 0.25) is 0 Å². The summed E-state index contributed by atoms with van der Waals surface area (Å²) in [7, 11) is 0. The van der Waals surface area contributed by atoms with Crippen LogP contribution in [-0.2, 0) is 0 Å². The minimum absolute atomic E-state index is 0.0110. The predicted molar refractivity (Wildman–Crippen MR) is 72.8 cm³/mol. The van der Waals surface area contributed by atoms with Crippen LogP contribution in [0.4, 0.5) is 0 Å². The quantitative estimate of drug-likeness (QED) is 0.624. The van der Waals surface area contributed by atoms with E-state index in [0.717, 1.165) is 0 Å². The van der Waals surface area contributed by atoms with Crippen LogP contribution < -0.4 is 0 Å². The Morgan fingerprint density at radius 1 is 0.900 bits per heavy atom. The number of halogens is 1. The van der Waals surface area contributed by atoms with Crippen LogP contribution in [0.15, 0.2) is 24.3 Å². The van der Waals surface area contributed by atoms with Crippen LogP contribution in [0.1, 0.15) is 37.4 Å². The van der Waals surface area contributed by atoms with Crippen molar-refractivity contribution in [2.24, 2.45) is 0 Å². The van der Waals surface area contributed by atoms with Crippen LogP contribution >= 0.6 is 11.6 Å². The molecule has 100 valence electrons. The smallest absolute Gasteiger partial charge is 0.198 e. The fourth-order valence-electron chi connectivity index (χ4n) is 2.40. The van der Waals surface area contributed by atoms with Gasteiger partial charge in [-0.05, 0) is 6.92 Å². The monoisotopic (exact) mass is 288 g/mol. The van der Waals surface area contributed by atoms with Crippen LogP contribution in [0.25, 0.3) is 0 Å². The Balaban J connectivity index is 2.46. The second kappa shape index (κ2) is 4.08. The molecular formula is C15H9ClO4. The topological polar surface area (TPSA) is 74.6 Å². The molecule has 3 rings (SSSR count). The third-order valence-electron chi connectivity index (χ3n) is 3.49. The predicted octanol–water partition coefficient (Wildman–Crippen LogP) is 2.84. The molecule has 0 bridgehead atoms. The van der Waals surface area contributed by atoms with Gasteiger partial charge in [-0.15, -0.1) is 0 Å². The number of carbonyl (C=O) groups is 2. The van der Waals surface area contributed by atoms with E-state index in [4.69, 9.17) is 11.6 Å². The zero-order valence-corrected chi connectivity index (χ0v) is 11.2. The number of aromatic hydroxyl groups is 2. The summed E-state index contributed by atoms with van der Waals surface area (Å²) in [6.07, 6.45) is 0. The van der Waals surface area contributed by atoms with Crippen LogP contribution in [0.2, 0.25) is 5.02 Å². The molecule has 0 saturated heterocycles. The maximum absolute atomic E-state index is 12.5. The molecule has 1 aliphatic rings. The van der Waals surface area contributed by atoms with Crippen LogP contribution in [0.3, 0.4) is 0 Å². The fourth-order valence-corrected chi connectivity index (χ4v) is 2.67. The average molecular weight is 289 g/mol. The first-order valence-electron chi connectivity index (χ1n) is 5.87. The number of benzene rings is 2. The molecule has 0 radical (unpaired) electrons. The molecule has 0 aromatic heterocycles. The van der Waals surface area contributed by atoms with Gasteiger partial charge in [0, 0.05) is 16.7 Å². The Kier molecular flexibility index (Phi) is 2.59. The third kappa shape index (κ3) is 1.42. The number of phenolic OH excluding ortho intramolecular Hbond substituents is 2. The highest BCUT2D eigenvalue weighted by atomic mass is 35.5. The number of fused-ring (bicyclic) bond motifs is 2. The van der Waals surface area contributed by atoms with E-state index in [1.807, 2.05) is 0 Å². The molecule has 0 amide bonds. The van der Waals surface area contributed by atoms with Gasteiger partial charge < -0.3 is 10.2 Å². The molecule has 1 aliphatic carbocycles. The number of hydrogen-bond donors (Lipinski definition) is 2. The normalized spacial score (nSPS) is 13.1. The molecule has 0 unspecified atom stereocenters. The number of carbonyl (C=O) groups excluding carboxylic acids is 2. The average Bonchev–Trinajstić information content (AvgIpc) is 2.46. The highest BCUT2D eigenvalue weighted by Gasteiger charge is 2.36. The highest BCUT2D eigenvalue weighted by molar-refractivity contribution is 6.40. The van der Waals surface area contributed by atoms with Gasteiger partial charge in [0.05, 0.1) is 16.1 Å². The Morgan fingerprint density at radius 2 is 1.40 bits per heavy atom. The van der Waals surface area contributed by atoms with Crippen molar-refractivity contribution in [1.29, 1.82) is 0 Å². The summed E-state index contributed by atoms with van der Waals surface area (Å²) in [6.45, 7) is 1.47. The third-order valence-corrected chi connectivity index (χ3v) is 3.96. The summed E-state index contributed by atoms with van der Waals surface area (Å²) in [6, 6.07) is 6.31. The Labute approximate surface area is 119 Å². The molecule has 0 aliphatic heterocycles. The molecule has 20 heavy (non-hydrogen) atoms. The summed E-state index contributed by atoms with van der Waals surface area (Å²) < 4.78 is 0. The van der Waals surface area contributed by atoms with Crippen LogP contribution in [0.5, 0.6) is 11.5 Å². The zero-order chi connectivity index (χ0) is 14.6. The first-order chi connectivity index (χ1) is 9.45. The molecule has 0 saturated carbocycles. The summed E-state index contributed by atoms with van der Waals surface area (Å²) in [5.74, 6) is -2.03. The van der Waals surface area contributed by atoms with E-state index in [2.05, 4.69) is 0 Å². The minimum atomic E-state index is -0.602. The fraction of sp³-hybridized carbons (Fsp3) is 0.0667. The van der Waals surface area contributed by atoms with Crippen molar-refractivity contribution in [1.82, 2.24) is 0 Å². The molecule has 2 N–H and O–H groups in total. The standard InChI is InChI=1S/C15H9ClO4/c1-6-11(16)9-10(15(20)12(6)17)14(19)8-5-3-2-4-7(8)13(9)18/h2-5,17,20H,1H3. The van der Waals surface area contributed by atoms with Crippen LogP contribution in [-0.4, -0.2) is 21.8 Å². The number of phenols is 2. The van der Waals surface area contributed by atoms with E-state index in [9.17, 15) is 19.8 Å². The lowest BCUT2D eigenvalue weighted by Gasteiger charge is -2.21. The second-order valence-electron chi connectivity index (χ2n) is 4.59. The van der Waals surface area contributed by atoms with Gasteiger partial charge in [-0.2, -0.15) is 0 Å². The number of hydrogen-bond acceptors (Lipinski definition) is 4. The Bertz CT molecular complexity index is 727. The molecule has 0 heterocycles. The van der Waals surface area contributed by atoms with E-state index >= 15 is 0 Å². The van der Waals surface area contributed by atoms with Crippen molar-refractivity contribution in [3.8, 4) is 11.5 Å². The maximum Gasteiger partial charge on any atom is 0.198 e. The van der Waals surface area contributed by atoms with Gasteiger partial charge in [0.15, 0.2) is 23.1 Å². The van der Waals surface area contributed by atoms with E-state index in [1.165, 1.54) is 19.1 Å². The van der Waals surface area contributed by atoms with Crippen molar-refractivity contribution < 1.29 is 19.8 Å². The lowest BCUT2D eigenvalue weighted by Crippen LogP contribution is -2.21. The molecule has 4 nitrogen and oxygen atoms in total. The van der Waals surface area contributed by atoms with Gasteiger partial charge >= 0.3 is 0 Å². The first kappa shape index (κ1) is 12.7. The highest BCUT2D eigenvalue weighted by Crippen LogP contribution is 2.44. The van der Waals surface area contributed by atoms with Crippen LogP contribution in [0, 0.1) is 6.92 Å². The Hall–Kier alpha value is -2.33. The lowest BCUT2D eigenvalue weighted by molar-refractivity contribution is 0.0976. The largest absolute Gasteiger partial charge is 0.504 e. The first-order valence-corrected chi connectivity index (χ1v) is 6.25. The minimum Gasteiger partial charge on any atom is -0.504 e. The molecule has 2 aromatic rings. The molecule has 0 atom stereocenters. The second-order valence-corrected chi connectivity index (χ2v) is 4.97. The van der Waals surface area contributed by atoms with E-state index in [1.54, 1.807) is 12.1 Å². The van der Waals surface area contributed by atoms with Crippen molar-refractivity contribution >= 4 is 23.2 Å². The van der Waals surface area contributed by atoms with E-state index in [0.29, 0.717) is 0 Å². The van der Waals surface area contributed by atoms with Crippen molar-refractivity contribution in [3.05, 3.63) is 57.1 Å². The van der Waals surface area contributed by atoms with Crippen molar-refractivity contribution in [2.45, 2.75) is 6.92 Å². The van der Waals surface area contributed by atoms with Gasteiger partial charge in [0.25, 0.3) is 0 Å². The maximum atomic E-state index is 12.5. The Morgan fingerprint density at radius 3 is 1.95 bits per heavy atom. The summed E-state index contributed by atoms with van der Waals surface area (Å²) in [5.41, 5.74) is 0.324. The van der Waals surface area contributed by atoms with Gasteiger partial charge in [-0.3, -0.25) is 9.59 Å². The van der Waals surface area contributed by atoms with E-state index < -0.39 is 23.1 Å². The van der Waals surface area contributed by atoms with Crippen molar-refractivity contribution in [2.75, 3.05) is 0 Å². The number of rotatable bonds is 0. The van der Waals surface area contributed by atoms with Gasteiger partial charge in [-0.25, -0.2) is 0 Å². The number of ketones is 2. The summed E-state index contributed by atoms with van der Waals surface area (Å²) in [4.78, 5) is 24.9. The molecule has 2 aromatic carbocycles. The lowest BCUT2D eigenvalue weighted by atomic mass is 9.82. The van der Waals surface area contributed by atoms with Gasteiger partial charge in [-0.1, -0.05) is 35.9 Å². The summed E-state index contributed by atoms with van der Waals surface area (Å²) >= 11 is 6.07. The van der Waals surface area contributed by atoms with Crippen molar-refractivity contribution in [3.63, 3.8) is 0 Å². The molecular weight excluding hydrogens is 280 g/mol. The summed E-state index contributed by atoms with van der Waals surface area (Å²) in [5, 5.41) is 19.8. The van der Waals surface area contributed by atoms with E-state index in [-0.39, 0.29) is 32.8 Å². The SMILES string of the molecule is Cc1c(O)c(O)c2c(c1Cl)C(=O)c1ccccc1C2=O. The molecule has 0 fully saturated rings.